The van der Waals surface area contributed by atoms with Crippen molar-refractivity contribution < 1.29 is 4.79 Å². The fraction of sp³-hybridized carbons (Fsp3) is 0.667. The van der Waals surface area contributed by atoms with Crippen LogP contribution in [0.15, 0.2) is 6.20 Å². The van der Waals surface area contributed by atoms with Crippen LogP contribution in [0.4, 0.5) is 0 Å². The normalized spacial score (nSPS) is 24.7. The van der Waals surface area contributed by atoms with Gasteiger partial charge >= 0.3 is 0 Å². The molecule has 1 aromatic rings. The summed E-state index contributed by atoms with van der Waals surface area (Å²) in [6.07, 6.45) is 3.52. The van der Waals surface area contributed by atoms with E-state index in [4.69, 9.17) is 5.73 Å². The van der Waals surface area contributed by atoms with Crippen molar-refractivity contribution in [1.29, 1.82) is 0 Å². The molecular formula is C9H15N5O. The lowest BCUT2D eigenvalue weighted by Gasteiger charge is -2.31. The third kappa shape index (κ3) is 1.85. The summed E-state index contributed by atoms with van der Waals surface area (Å²) < 4.78 is 1.74. The van der Waals surface area contributed by atoms with Gasteiger partial charge in [-0.25, -0.2) is 4.68 Å². The molecule has 0 bridgehead atoms. The number of rotatable bonds is 2. The SMILES string of the molecule is CN(C)C(=O)c1cn(C2CC(N)C2)nn1. The standard InChI is InChI=1S/C9H15N5O/c1-13(2)9(15)8-5-14(12-11-8)7-3-6(10)4-7/h5-7H,3-4,10H2,1-2H3. The number of amides is 1. The van der Waals surface area contributed by atoms with E-state index < -0.39 is 0 Å². The van der Waals surface area contributed by atoms with Crippen LogP contribution in [0.25, 0.3) is 0 Å². The molecule has 1 saturated carbocycles. The summed E-state index contributed by atoms with van der Waals surface area (Å²) in [7, 11) is 3.39. The first-order valence-electron chi connectivity index (χ1n) is 4.97. The van der Waals surface area contributed by atoms with Gasteiger partial charge in [-0.05, 0) is 12.8 Å². The Morgan fingerprint density at radius 2 is 2.27 bits per heavy atom. The molecule has 0 unspecified atom stereocenters. The number of carbonyl (C=O) groups excluding carboxylic acids is 1. The average Bonchev–Trinajstić information content (AvgIpc) is 2.60. The van der Waals surface area contributed by atoms with Gasteiger partial charge in [0.1, 0.15) is 0 Å². The van der Waals surface area contributed by atoms with Gasteiger partial charge in [0.15, 0.2) is 5.69 Å². The predicted octanol–water partition coefficient (Wildman–Crippen LogP) is -0.358. The minimum Gasteiger partial charge on any atom is -0.343 e. The van der Waals surface area contributed by atoms with E-state index in [1.807, 2.05) is 0 Å². The number of hydrogen-bond acceptors (Lipinski definition) is 4. The molecule has 1 aromatic heterocycles. The van der Waals surface area contributed by atoms with E-state index in [1.54, 1.807) is 25.0 Å². The van der Waals surface area contributed by atoms with E-state index in [0.717, 1.165) is 12.8 Å². The second-order valence-electron chi connectivity index (χ2n) is 4.17. The summed E-state index contributed by atoms with van der Waals surface area (Å²) in [5.74, 6) is -0.120. The third-order valence-electron chi connectivity index (χ3n) is 2.66. The summed E-state index contributed by atoms with van der Waals surface area (Å²) in [4.78, 5) is 13.0. The molecule has 15 heavy (non-hydrogen) atoms. The first-order chi connectivity index (χ1) is 7.08. The van der Waals surface area contributed by atoms with Crippen molar-refractivity contribution in [2.75, 3.05) is 14.1 Å². The van der Waals surface area contributed by atoms with Crippen LogP contribution in [0.2, 0.25) is 0 Å². The molecule has 1 amide bonds. The molecule has 2 rings (SSSR count). The van der Waals surface area contributed by atoms with E-state index >= 15 is 0 Å². The molecule has 0 radical (unpaired) electrons. The molecule has 0 atom stereocenters. The van der Waals surface area contributed by atoms with Gasteiger partial charge in [0.05, 0.1) is 12.2 Å². The Morgan fingerprint density at radius 1 is 1.60 bits per heavy atom. The van der Waals surface area contributed by atoms with Crippen molar-refractivity contribution in [1.82, 2.24) is 19.9 Å². The molecule has 1 heterocycles. The number of aromatic nitrogens is 3. The zero-order chi connectivity index (χ0) is 11.0. The largest absolute Gasteiger partial charge is 0.343 e. The van der Waals surface area contributed by atoms with Gasteiger partial charge in [-0.2, -0.15) is 0 Å². The quantitative estimate of drug-likeness (QED) is 0.721. The van der Waals surface area contributed by atoms with Gasteiger partial charge in [0.2, 0.25) is 0 Å². The molecule has 1 aliphatic rings. The Balaban J connectivity index is 2.07. The number of hydrogen-bond donors (Lipinski definition) is 1. The average molecular weight is 209 g/mol. The molecule has 82 valence electrons. The Labute approximate surface area is 88.0 Å². The van der Waals surface area contributed by atoms with E-state index in [9.17, 15) is 4.79 Å². The summed E-state index contributed by atoms with van der Waals surface area (Å²) in [6.45, 7) is 0. The molecular weight excluding hydrogens is 194 g/mol. The third-order valence-corrected chi connectivity index (χ3v) is 2.66. The fourth-order valence-corrected chi connectivity index (χ4v) is 1.63. The molecule has 0 saturated heterocycles. The maximum absolute atomic E-state index is 11.5. The number of carbonyl (C=O) groups is 1. The van der Waals surface area contributed by atoms with E-state index in [1.165, 1.54) is 4.90 Å². The van der Waals surface area contributed by atoms with Crippen LogP contribution >= 0.6 is 0 Å². The molecule has 1 aliphatic carbocycles. The van der Waals surface area contributed by atoms with Gasteiger partial charge in [0, 0.05) is 20.1 Å². The molecule has 0 spiro atoms. The first-order valence-corrected chi connectivity index (χ1v) is 4.97. The zero-order valence-corrected chi connectivity index (χ0v) is 8.92. The topological polar surface area (TPSA) is 77.0 Å². The van der Waals surface area contributed by atoms with Crippen molar-refractivity contribution in [2.24, 2.45) is 5.73 Å². The van der Waals surface area contributed by atoms with Crippen molar-refractivity contribution in [3.63, 3.8) is 0 Å². The van der Waals surface area contributed by atoms with Gasteiger partial charge in [-0.1, -0.05) is 5.21 Å². The minimum absolute atomic E-state index is 0.120. The highest BCUT2D eigenvalue weighted by Gasteiger charge is 2.29. The van der Waals surface area contributed by atoms with Crippen LogP contribution in [-0.4, -0.2) is 45.9 Å². The van der Waals surface area contributed by atoms with Crippen LogP contribution in [-0.2, 0) is 0 Å². The Hall–Kier alpha value is -1.43. The summed E-state index contributed by atoms with van der Waals surface area (Å²) >= 11 is 0. The van der Waals surface area contributed by atoms with E-state index in [2.05, 4.69) is 10.3 Å². The van der Waals surface area contributed by atoms with Crippen molar-refractivity contribution in [2.45, 2.75) is 24.9 Å². The van der Waals surface area contributed by atoms with Crippen LogP contribution in [0.5, 0.6) is 0 Å². The summed E-state index contributed by atoms with van der Waals surface area (Å²) in [5.41, 5.74) is 6.07. The molecule has 0 aliphatic heterocycles. The summed E-state index contributed by atoms with van der Waals surface area (Å²) in [6, 6.07) is 0.586. The van der Waals surface area contributed by atoms with Crippen LogP contribution in [0, 0.1) is 0 Å². The lowest BCUT2D eigenvalue weighted by molar-refractivity contribution is 0.0822. The minimum atomic E-state index is -0.120. The Bertz CT molecular complexity index is 366. The highest BCUT2D eigenvalue weighted by molar-refractivity contribution is 5.91. The van der Waals surface area contributed by atoms with Gasteiger partial charge in [-0.3, -0.25) is 4.79 Å². The number of nitrogens with two attached hydrogens (primary N) is 1. The molecule has 2 N–H and O–H groups in total. The molecule has 6 heteroatoms. The highest BCUT2D eigenvalue weighted by Crippen LogP contribution is 2.29. The van der Waals surface area contributed by atoms with Gasteiger partial charge < -0.3 is 10.6 Å². The first kappa shape index (κ1) is 10.1. The van der Waals surface area contributed by atoms with Crippen molar-refractivity contribution in [3.8, 4) is 0 Å². The fourth-order valence-electron chi connectivity index (χ4n) is 1.63. The Morgan fingerprint density at radius 3 is 2.80 bits per heavy atom. The molecule has 0 aromatic carbocycles. The van der Waals surface area contributed by atoms with E-state index in [0.29, 0.717) is 11.7 Å². The lowest BCUT2D eigenvalue weighted by Crippen LogP contribution is -2.37. The second-order valence-corrected chi connectivity index (χ2v) is 4.17. The smallest absolute Gasteiger partial charge is 0.275 e. The second kappa shape index (κ2) is 3.62. The monoisotopic (exact) mass is 209 g/mol. The maximum Gasteiger partial charge on any atom is 0.275 e. The van der Waals surface area contributed by atoms with Gasteiger partial charge in [0.25, 0.3) is 5.91 Å². The highest BCUT2D eigenvalue weighted by atomic mass is 16.2. The molecule has 6 nitrogen and oxygen atoms in total. The van der Waals surface area contributed by atoms with Crippen LogP contribution in [0.1, 0.15) is 29.4 Å². The summed E-state index contributed by atoms with van der Waals surface area (Å²) in [5, 5.41) is 7.79. The van der Waals surface area contributed by atoms with Crippen molar-refractivity contribution in [3.05, 3.63) is 11.9 Å². The molecule has 1 fully saturated rings. The zero-order valence-electron chi connectivity index (χ0n) is 8.92. The lowest BCUT2D eigenvalue weighted by atomic mass is 9.88. The van der Waals surface area contributed by atoms with Crippen LogP contribution in [0.3, 0.4) is 0 Å². The van der Waals surface area contributed by atoms with Crippen LogP contribution < -0.4 is 5.73 Å². The maximum atomic E-state index is 11.5. The van der Waals surface area contributed by atoms with Crippen molar-refractivity contribution >= 4 is 5.91 Å². The Kier molecular flexibility index (Phi) is 2.44. The van der Waals surface area contributed by atoms with Gasteiger partial charge in [-0.15, -0.1) is 5.10 Å². The predicted molar refractivity (Wildman–Crippen MR) is 54.3 cm³/mol. The van der Waals surface area contributed by atoms with E-state index in [-0.39, 0.29) is 11.9 Å². The number of nitrogens with zero attached hydrogens (tertiary/aromatic N) is 4.